The first-order valence-electron chi connectivity index (χ1n) is 21.5. The van der Waals surface area contributed by atoms with Crippen molar-refractivity contribution in [2.24, 2.45) is 17.9 Å². The molecule has 1 saturated heterocycles. The molecule has 1 aromatic carbocycles. The van der Waals surface area contributed by atoms with Crippen molar-refractivity contribution in [3.8, 4) is 16.9 Å². The van der Waals surface area contributed by atoms with E-state index in [-0.39, 0.29) is 61.2 Å². The van der Waals surface area contributed by atoms with Gasteiger partial charge in [-0.1, -0.05) is 84.4 Å². The highest BCUT2D eigenvalue weighted by Crippen LogP contribution is 2.39. The number of morpholine rings is 1. The minimum Gasteiger partial charge on any atom is -0.491 e. The maximum Gasteiger partial charge on any atom is 0.264 e. The molecule has 16 heteroatoms. The van der Waals surface area contributed by atoms with E-state index in [1.165, 1.54) is 10.8 Å². The zero-order valence-electron chi connectivity index (χ0n) is 39.3. The second-order valence-electron chi connectivity index (χ2n) is 21.7. The fourth-order valence-corrected chi connectivity index (χ4v) is 9.68. The van der Waals surface area contributed by atoms with Gasteiger partial charge < -0.3 is 34.9 Å². The molecule has 1 aliphatic heterocycles. The molecule has 4 aromatic rings. The van der Waals surface area contributed by atoms with Gasteiger partial charge in [0.25, 0.3) is 11.5 Å². The van der Waals surface area contributed by atoms with Gasteiger partial charge in [0.05, 0.1) is 52.7 Å². The number of benzene rings is 1. The SMILES string of the molecule is Cn1c(NC(C)(C)CC(C)(C)C)nc2c(c(-c3cc(Cl)c(OCC[Si](C)(C)C)c(C(=O)NC(C)(C)CC(C)(C)C)c3)cn2CC(=O)Nc2cc(N3CCOCC3)ncc2Cl)c1=O. The molecule has 4 heterocycles. The topological polar surface area (TPSA) is 145 Å². The largest absolute Gasteiger partial charge is 0.491 e. The third-order valence-electron chi connectivity index (χ3n) is 10.4. The molecule has 0 bridgehead atoms. The lowest BCUT2D eigenvalue weighted by Crippen LogP contribution is -2.46. The van der Waals surface area contributed by atoms with Gasteiger partial charge in [-0.25, -0.2) is 4.98 Å². The van der Waals surface area contributed by atoms with Crippen molar-refractivity contribution < 1.29 is 19.1 Å². The highest BCUT2D eigenvalue weighted by atomic mass is 35.5. The maximum atomic E-state index is 14.7. The second-order valence-corrected chi connectivity index (χ2v) is 28.1. The van der Waals surface area contributed by atoms with Crippen molar-refractivity contribution in [1.29, 1.82) is 0 Å². The Morgan fingerprint density at radius 3 is 2.15 bits per heavy atom. The predicted molar refractivity (Wildman–Crippen MR) is 257 cm³/mol. The standard InChI is InChI=1S/C46H68Cl2N8O5Si/c1-43(2,3)27-45(7,8)52-40(58)30-21-29(22-32(47)38(30)61-19-20-62(12,13)14)31-25-56(26-36(57)50-34-23-35(49-24-33(34)48)55-15-17-60-18-16-55)39-37(31)41(59)54(11)42(51-39)53-46(9,10)28-44(4,5)6/h21-25H,15-20,26-28H2,1-14H3,(H,51,53)(H,52,58)(H,49,50,57). The summed E-state index contributed by atoms with van der Waals surface area (Å²) in [4.78, 5) is 54.7. The van der Waals surface area contributed by atoms with Crippen LogP contribution in [0, 0.1) is 10.8 Å². The molecule has 3 N–H and O–H groups in total. The summed E-state index contributed by atoms with van der Waals surface area (Å²) in [5.74, 6) is 0.556. The summed E-state index contributed by atoms with van der Waals surface area (Å²) >= 11 is 13.7. The summed E-state index contributed by atoms with van der Waals surface area (Å²) in [6.07, 6.45) is 4.74. The highest BCUT2D eigenvalue weighted by molar-refractivity contribution is 6.76. The molecule has 62 heavy (non-hydrogen) atoms. The fraction of sp³-hybridized carbons (Fsp3) is 0.587. The summed E-state index contributed by atoms with van der Waals surface area (Å²) in [6, 6.07) is 6.05. The molecule has 0 spiro atoms. The minimum atomic E-state index is -1.50. The Morgan fingerprint density at radius 2 is 1.53 bits per heavy atom. The number of amides is 2. The van der Waals surface area contributed by atoms with E-state index in [4.69, 9.17) is 37.7 Å². The molecule has 0 saturated carbocycles. The number of nitrogens with zero attached hydrogens (tertiary/aromatic N) is 5. The van der Waals surface area contributed by atoms with Crippen LogP contribution in [0.1, 0.15) is 92.4 Å². The molecule has 0 aliphatic carbocycles. The number of aromatic nitrogens is 4. The fourth-order valence-electron chi connectivity index (χ4n) is 8.54. The van der Waals surface area contributed by atoms with Crippen LogP contribution in [0.4, 0.5) is 17.5 Å². The van der Waals surface area contributed by atoms with Crippen LogP contribution in [0.5, 0.6) is 5.75 Å². The number of rotatable bonds is 15. The van der Waals surface area contributed by atoms with E-state index < -0.39 is 25.1 Å². The van der Waals surface area contributed by atoms with E-state index in [0.29, 0.717) is 67.9 Å². The van der Waals surface area contributed by atoms with E-state index in [1.54, 1.807) is 36.0 Å². The average molecular weight is 912 g/mol. The average Bonchev–Trinajstić information content (AvgIpc) is 3.46. The Labute approximate surface area is 378 Å². The number of hydrogen-bond donors (Lipinski definition) is 3. The number of carbonyl (C=O) groups is 2. The lowest BCUT2D eigenvalue weighted by molar-refractivity contribution is -0.116. The number of ether oxygens (including phenoxy) is 2. The summed E-state index contributed by atoms with van der Waals surface area (Å²) in [6.45, 7) is 30.5. The molecular formula is C46H68Cl2N8O5Si. The maximum absolute atomic E-state index is 14.7. The molecule has 3 aromatic heterocycles. The molecule has 1 fully saturated rings. The Bertz CT molecular complexity index is 2350. The van der Waals surface area contributed by atoms with Crippen molar-refractivity contribution in [2.75, 3.05) is 48.4 Å². The highest BCUT2D eigenvalue weighted by Gasteiger charge is 2.32. The van der Waals surface area contributed by atoms with Gasteiger partial charge in [0.1, 0.15) is 12.4 Å². The van der Waals surface area contributed by atoms with Gasteiger partial charge in [-0.2, -0.15) is 4.98 Å². The number of fused-ring (bicyclic) bond motifs is 1. The number of halogens is 2. The van der Waals surface area contributed by atoms with Gasteiger partial charge in [-0.05, 0) is 75.1 Å². The smallest absolute Gasteiger partial charge is 0.264 e. The molecule has 2 amide bonds. The Balaban J connectivity index is 1.65. The number of nitrogens with one attached hydrogen (secondary N) is 3. The number of pyridine rings is 1. The van der Waals surface area contributed by atoms with E-state index in [0.717, 1.165) is 12.5 Å². The first-order valence-corrected chi connectivity index (χ1v) is 25.9. The van der Waals surface area contributed by atoms with Crippen molar-refractivity contribution in [3.05, 3.63) is 56.6 Å². The van der Waals surface area contributed by atoms with Gasteiger partial charge in [0.2, 0.25) is 11.9 Å². The molecule has 5 rings (SSSR count). The molecule has 13 nitrogen and oxygen atoms in total. The Hall–Kier alpha value is -4.11. The van der Waals surface area contributed by atoms with Crippen molar-refractivity contribution >= 4 is 71.6 Å². The molecule has 340 valence electrons. The summed E-state index contributed by atoms with van der Waals surface area (Å²) in [7, 11) is 0.179. The van der Waals surface area contributed by atoms with Crippen LogP contribution in [-0.2, 0) is 23.1 Å². The quantitative estimate of drug-likeness (QED) is 0.0993. The Kier molecular flexibility index (Phi) is 14.6. The van der Waals surface area contributed by atoms with Gasteiger partial charge >= 0.3 is 0 Å². The summed E-state index contributed by atoms with van der Waals surface area (Å²) in [5.41, 5.74) is 0.460. The summed E-state index contributed by atoms with van der Waals surface area (Å²) < 4.78 is 15.0. The molecular weight excluding hydrogens is 844 g/mol. The third kappa shape index (κ3) is 13.0. The molecule has 0 radical (unpaired) electrons. The van der Waals surface area contributed by atoms with Gasteiger partial charge in [0.15, 0.2) is 11.4 Å². The van der Waals surface area contributed by atoms with Crippen LogP contribution < -0.4 is 31.1 Å². The zero-order chi connectivity index (χ0) is 46.2. The lowest BCUT2D eigenvalue weighted by atomic mass is 9.81. The van der Waals surface area contributed by atoms with Crippen molar-refractivity contribution in [3.63, 3.8) is 0 Å². The molecule has 0 atom stereocenters. The lowest BCUT2D eigenvalue weighted by Gasteiger charge is -2.34. The van der Waals surface area contributed by atoms with E-state index in [2.05, 4.69) is 101 Å². The van der Waals surface area contributed by atoms with Crippen LogP contribution in [0.2, 0.25) is 35.7 Å². The van der Waals surface area contributed by atoms with Gasteiger partial charge in [-0.3, -0.25) is 19.0 Å². The Morgan fingerprint density at radius 1 is 0.903 bits per heavy atom. The minimum absolute atomic E-state index is 0.0173. The van der Waals surface area contributed by atoms with Crippen molar-refractivity contribution in [2.45, 2.75) is 125 Å². The van der Waals surface area contributed by atoms with Crippen LogP contribution in [0.15, 0.2) is 35.4 Å². The van der Waals surface area contributed by atoms with Crippen molar-refractivity contribution in [1.82, 2.24) is 24.4 Å². The van der Waals surface area contributed by atoms with E-state index in [1.807, 2.05) is 13.8 Å². The van der Waals surface area contributed by atoms with Gasteiger partial charge in [0, 0.05) is 57.1 Å². The van der Waals surface area contributed by atoms with E-state index >= 15 is 0 Å². The van der Waals surface area contributed by atoms with Crippen LogP contribution in [0.3, 0.4) is 0 Å². The zero-order valence-corrected chi connectivity index (χ0v) is 41.8. The second kappa shape index (κ2) is 18.5. The van der Waals surface area contributed by atoms with Crippen LogP contribution >= 0.6 is 23.2 Å². The monoisotopic (exact) mass is 910 g/mol. The number of anilines is 3. The number of carbonyl (C=O) groups excluding carboxylic acids is 2. The van der Waals surface area contributed by atoms with Crippen LogP contribution in [0.25, 0.3) is 22.2 Å². The number of hydrogen-bond acceptors (Lipinski definition) is 9. The first-order chi connectivity index (χ1) is 28.5. The van der Waals surface area contributed by atoms with Gasteiger partial charge in [-0.15, -0.1) is 0 Å². The molecule has 1 aliphatic rings. The first kappa shape index (κ1) is 48.9. The normalized spacial score (nSPS) is 14.3. The predicted octanol–water partition coefficient (Wildman–Crippen LogP) is 9.87. The van der Waals surface area contributed by atoms with Crippen LogP contribution in [-0.4, -0.2) is 83.0 Å². The summed E-state index contributed by atoms with van der Waals surface area (Å²) in [5, 5.41) is 10.5. The van der Waals surface area contributed by atoms with E-state index in [9.17, 15) is 14.4 Å². The molecule has 0 unspecified atom stereocenters. The third-order valence-corrected chi connectivity index (χ3v) is 12.7.